The lowest BCUT2D eigenvalue weighted by molar-refractivity contribution is 0.400. The van der Waals surface area contributed by atoms with Gasteiger partial charge in [0.2, 0.25) is 0 Å². The summed E-state index contributed by atoms with van der Waals surface area (Å²) in [4.78, 5) is 0. The first kappa shape index (κ1) is 9.95. The van der Waals surface area contributed by atoms with Gasteiger partial charge in [0.1, 0.15) is 11.6 Å². The van der Waals surface area contributed by atoms with Crippen LogP contribution in [0.25, 0.3) is 0 Å². The molecule has 0 saturated heterocycles. The monoisotopic (exact) mass is 184 g/mol. The van der Waals surface area contributed by atoms with Crippen molar-refractivity contribution in [1.82, 2.24) is 5.43 Å². The molecule has 0 radical (unpaired) electrons. The van der Waals surface area contributed by atoms with Gasteiger partial charge >= 0.3 is 0 Å². The first-order valence-electron chi connectivity index (χ1n) is 3.98. The number of benzene rings is 1. The molecule has 0 amide bonds. The van der Waals surface area contributed by atoms with Crippen molar-refractivity contribution >= 4 is 0 Å². The SMILES string of the molecule is COc1ccc(F)cc1[C@@H](C)NN. The van der Waals surface area contributed by atoms with E-state index in [0.717, 1.165) is 0 Å². The number of hydrazine groups is 1. The van der Waals surface area contributed by atoms with Crippen LogP contribution in [0.2, 0.25) is 0 Å². The zero-order valence-electron chi connectivity index (χ0n) is 7.67. The molecule has 0 aromatic heterocycles. The van der Waals surface area contributed by atoms with E-state index in [1.165, 1.54) is 12.1 Å². The molecule has 0 fully saturated rings. The van der Waals surface area contributed by atoms with E-state index >= 15 is 0 Å². The lowest BCUT2D eigenvalue weighted by Gasteiger charge is -2.14. The van der Waals surface area contributed by atoms with Gasteiger partial charge in [0.15, 0.2) is 0 Å². The highest BCUT2D eigenvalue weighted by Gasteiger charge is 2.10. The van der Waals surface area contributed by atoms with Crippen LogP contribution in [0.15, 0.2) is 18.2 Å². The Hall–Kier alpha value is -1.13. The Balaban J connectivity index is 3.07. The van der Waals surface area contributed by atoms with Gasteiger partial charge in [-0.15, -0.1) is 0 Å². The highest BCUT2D eigenvalue weighted by molar-refractivity contribution is 5.36. The Labute approximate surface area is 76.7 Å². The molecule has 1 rings (SSSR count). The van der Waals surface area contributed by atoms with Crippen molar-refractivity contribution in [2.75, 3.05) is 7.11 Å². The van der Waals surface area contributed by atoms with Gasteiger partial charge in [0.05, 0.1) is 7.11 Å². The van der Waals surface area contributed by atoms with Crippen molar-refractivity contribution in [3.05, 3.63) is 29.6 Å². The largest absolute Gasteiger partial charge is 0.496 e. The molecule has 0 aliphatic heterocycles. The van der Waals surface area contributed by atoms with Crippen LogP contribution in [0.4, 0.5) is 4.39 Å². The van der Waals surface area contributed by atoms with E-state index in [9.17, 15) is 4.39 Å². The number of nitrogens with one attached hydrogen (secondary N) is 1. The summed E-state index contributed by atoms with van der Waals surface area (Å²) in [7, 11) is 1.54. The summed E-state index contributed by atoms with van der Waals surface area (Å²) < 4.78 is 17.9. The fourth-order valence-electron chi connectivity index (χ4n) is 1.13. The number of ether oxygens (including phenoxy) is 1. The molecule has 1 aromatic rings. The summed E-state index contributed by atoms with van der Waals surface area (Å²) in [6.07, 6.45) is 0. The van der Waals surface area contributed by atoms with Crippen LogP contribution in [0.3, 0.4) is 0 Å². The molecule has 0 unspecified atom stereocenters. The van der Waals surface area contributed by atoms with E-state index in [1.807, 2.05) is 6.92 Å². The van der Waals surface area contributed by atoms with Gasteiger partial charge in [0, 0.05) is 11.6 Å². The van der Waals surface area contributed by atoms with Gasteiger partial charge in [-0.2, -0.15) is 0 Å². The summed E-state index contributed by atoms with van der Waals surface area (Å²) in [5.74, 6) is 5.59. The van der Waals surface area contributed by atoms with Gasteiger partial charge < -0.3 is 4.74 Å². The number of hydrogen-bond acceptors (Lipinski definition) is 3. The lowest BCUT2D eigenvalue weighted by atomic mass is 10.1. The maximum atomic E-state index is 12.9. The summed E-state index contributed by atoms with van der Waals surface area (Å²) >= 11 is 0. The molecule has 3 N–H and O–H groups in total. The van der Waals surface area contributed by atoms with Gasteiger partial charge in [-0.3, -0.25) is 11.3 Å². The first-order chi connectivity index (χ1) is 6.19. The Bertz CT molecular complexity index is 291. The van der Waals surface area contributed by atoms with Gasteiger partial charge in [-0.05, 0) is 25.1 Å². The highest BCUT2D eigenvalue weighted by Crippen LogP contribution is 2.24. The van der Waals surface area contributed by atoms with Crippen LogP contribution >= 0.6 is 0 Å². The number of nitrogens with two attached hydrogens (primary N) is 1. The molecule has 0 heterocycles. The van der Waals surface area contributed by atoms with E-state index < -0.39 is 0 Å². The number of halogens is 1. The molecular weight excluding hydrogens is 171 g/mol. The highest BCUT2D eigenvalue weighted by atomic mass is 19.1. The quantitative estimate of drug-likeness (QED) is 0.550. The number of hydrogen-bond donors (Lipinski definition) is 2. The van der Waals surface area contributed by atoms with Gasteiger partial charge in [-0.1, -0.05) is 0 Å². The van der Waals surface area contributed by atoms with Crippen LogP contribution < -0.4 is 16.0 Å². The predicted molar refractivity (Wildman–Crippen MR) is 48.7 cm³/mol. The molecule has 0 aliphatic carbocycles. The molecule has 1 atom stereocenters. The number of rotatable bonds is 3. The average Bonchev–Trinajstić information content (AvgIpc) is 2.16. The third-order valence-corrected chi connectivity index (χ3v) is 1.91. The molecule has 0 aliphatic rings. The zero-order valence-corrected chi connectivity index (χ0v) is 7.67. The van der Waals surface area contributed by atoms with Crippen LogP contribution in [0.5, 0.6) is 5.75 Å². The smallest absolute Gasteiger partial charge is 0.123 e. The third kappa shape index (κ3) is 2.17. The summed E-state index contributed by atoms with van der Waals surface area (Å²) in [6.45, 7) is 1.83. The van der Waals surface area contributed by atoms with Crippen LogP contribution in [-0.2, 0) is 0 Å². The standard InChI is InChI=1S/C9H13FN2O/c1-6(12-11)8-5-7(10)3-4-9(8)13-2/h3-6,12H,11H2,1-2H3/t6-/m1/s1. The van der Waals surface area contributed by atoms with Gasteiger partial charge in [0.25, 0.3) is 0 Å². The molecule has 3 nitrogen and oxygen atoms in total. The summed E-state index contributed by atoms with van der Waals surface area (Å²) in [5.41, 5.74) is 3.25. The third-order valence-electron chi connectivity index (χ3n) is 1.91. The van der Waals surface area contributed by atoms with E-state index in [4.69, 9.17) is 10.6 Å². The topological polar surface area (TPSA) is 47.3 Å². The van der Waals surface area contributed by atoms with Crippen LogP contribution in [0.1, 0.15) is 18.5 Å². The maximum Gasteiger partial charge on any atom is 0.123 e. The molecule has 0 saturated carbocycles. The van der Waals surface area contributed by atoms with E-state index in [0.29, 0.717) is 11.3 Å². The minimum absolute atomic E-state index is 0.134. The van der Waals surface area contributed by atoms with E-state index in [2.05, 4.69) is 5.43 Å². The minimum atomic E-state index is -0.294. The average molecular weight is 184 g/mol. The molecule has 0 bridgehead atoms. The van der Waals surface area contributed by atoms with Crippen molar-refractivity contribution in [3.8, 4) is 5.75 Å². The molecule has 72 valence electrons. The predicted octanol–water partition coefficient (Wildman–Crippen LogP) is 1.36. The zero-order chi connectivity index (χ0) is 9.84. The van der Waals surface area contributed by atoms with Crippen LogP contribution in [-0.4, -0.2) is 7.11 Å². The fraction of sp³-hybridized carbons (Fsp3) is 0.333. The normalized spacial score (nSPS) is 12.6. The van der Waals surface area contributed by atoms with E-state index in [1.54, 1.807) is 13.2 Å². The van der Waals surface area contributed by atoms with Crippen molar-refractivity contribution in [3.63, 3.8) is 0 Å². The Morgan fingerprint density at radius 2 is 2.23 bits per heavy atom. The van der Waals surface area contributed by atoms with E-state index in [-0.39, 0.29) is 11.9 Å². The molecular formula is C9H13FN2O. The van der Waals surface area contributed by atoms with Gasteiger partial charge in [-0.25, -0.2) is 4.39 Å². The Morgan fingerprint density at radius 3 is 2.77 bits per heavy atom. The molecule has 4 heteroatoms. The molecule has 1 aromatic carbocycles. The molecule has 0 spiro atoms. The van der Waals surface area contributed by atoms with Crippen molar-refractivity contribution in [2.45, 2.75) is 13.0 Å². The van der Waals surface area contributed by atoms with Crippen molar-refractivity contribution < 1.29 is 9.13 Å². The van der Waals surface area contributed by atoms with Crippen molar-refractivity contribution in [2.24, 2.45) is 5.84 Å². The second-order valence-electron chi connectivity index (χ2n) is 2.77. The second-order valence-corrected chi connectivity index (χ2v) is 2.77. The van der Waals surface area contributed by atoms with Crippen LogP contribution in [0, 0.1) is 5.82 Å². The molecule has 13 heavy (non-hydrogen) atoms. The number of methoxy groups -OCH3 is 1. The minimum Gasteiger partial charge on any atom is -0.496 e. The fourth-order valence-corrected chi connectivity index (χ4v) is 1.13. The van der Waals surface area contributed by atoms with Crippen molar-refractivity contribution in [1.29, 1.82) is 0 Å². The summed E-state index contributed by atoms with van der Waals surface area (Å²) in [6, 6.07) is 4.21. The Morgan fingerprint density at radius 1 is 1.54 bits per heavy atom. The summed E-state index contributed by atoms with van der Waals surface area (Å²) in [5, 5.41) is 0. The maximum absolute atomic E-state index is 12.9. The Kier molecular flexibility index (Phi) is 3.22. The first-order valence-corrected chi connectivity index (χ1v) is 3.98. The second kappa shape index (κ2) is 4.20. The lowest BCUT2D eigenvalue weighted by Crippen LogP contribution is -2.26.